The summed E-state index contributed by atoms with van der Waals surface area (Å²) in [6.07, 6.45) is 12.0. The Balaban J connectivity index is 1.40. The Hall–Kier alpha value is -2.29. The highest BCUT2D eigenvalue weighted by Gasteiger charge is 2.20. The number of unbranched alkanes of at least 4 members (excludes halogenated alkanes) is 1. The van der Waals surface area contributed by atoms with Crippen molar-refractivity contribution in [2.75, 3.05) is 0 Å². The molecule has 1 fully saturated rings. The number of halogens is 3. The average Bonchev–Trinajstić information content (AvgIpc) is 2.79. The summed E-state index contributed by atoms with van der Waals surface area (Å²) in [5, 5.41) is 2.13. The molecule has 3 heteroatoms. The van der Waals surface area contributed by atoms with Gasteiger partial charge in [0.05, 0.1) is 0 Å². The largest absolute Gasteiger partial charge is 0.204 e. The number of hydrogen-bond acceptors (Lipinski definition) is 0. The molecule has 3 aromatic rings. The molecule has 0 radical (unpaired) electrons. The molecule has 0 aliphatic heterocycles. The first-order chi connectivity index (χ1) is 15.0. The smallest absolute Gasteiger partial charge is 0.194 e. The number of aryl methyl sites for hydroxylation is 1. The molecular formula is C28H31F3. The van der Waals surface area contributed by atoms with E-state index >= 15 is 0 Å². The molecule has 1 aliphatic rings. The lowest BCUT2D eigenvalue weighted by atomic mass is 9.78. The van der Waals surface area contributed by atoms with E-state index in [1.54, 1.807) is 0 Å². The molecule has 164 valence electrons. The summed E-state index contributed by atoms with van der Waals surface area (Å²) in [4.78, 5) is 0. The van der Waals surface area contributed by atoms with Crippen LogP contribution in [0.25, 0.3) is 21.9 Å². The zero-order chi connectivity index (χ0) is 21.8. The van der Waals surface area contributed by atoms with Crippen molar-refractivity contribution in [1.29, 1.82) is 0 Å². The lowest BCUT2D eigenvalue weighted by Gasteiger charge is -2.28. The molecule has 4 rings (SSSR count). The van der Waals surface area contributed by atoms with Crippen molar-refractivity contribution < 1.29 is 13.2 Å². The van der Waals surface area contributed by atoms with E-state index in [-0.39, 0.29) is 0 Å². The molecule has 0 aromatic heterocycles. The Morgan fingerprint density at radius 2 is 1.32 bits per heavy atom. The lowest BCUT2D eigenvalue weighted by Crippen LogP contribution is -2.15. The molecule has 0 spiro atoms. The van der Waals surface area contributed by atoms with Gasteiger partial charge in [-0.25, -0.2) is 13.2 Å². The first-order valence-electron chi connectivity index (χ1n) is 11.7. The zero-order valence-electron chi connectivity index (χ0n) is 18.3. The third-order valence-corrected chi connectivity index (χ3v) is 7.00. The Bertz CT molecular complexity index is 1010. The summed E-state index contributed by atoms with van der Waals surface area (Å²) in [5.41, 5.74) is 2.36. The standard InChI is InChI=1S/C28H31F3/c1-2-3-4-19-5-7-20(8-6-19)9-10-21-11-12-23-16-24(14-13-22(23)15-21)25-17-26(29)28(31)27(30)18-25/h11-20H,2-10H2,1H3. The van der Waals surface area contributed by atoms with Crippen LogP contribution in [0.5, 0.6) is 0 Å². The molecule has 1 saturated carbocycles. The minimum Gasteiger partial charge on any atom is -0.204 e. The van der Waals surface area contributed by atoms with Gasteiger partial charge in [0.15, 0.2) is 17.5 Å². The third-order valence-electron chi connectivity index (χ3n) is 7.00. The van der Waals surface area contributed by atoms with Gasteiger partial charge in [0.1, 0.15) is 0 Å². The van der Waals surface area contributed by atoms with Crippen molar-refractivity contribution in [3.8, 4) is 11.1 Å². The van der Waals surface area contributed by atoms with Crippen LogP contribution in [-0.4, -0.2) is 0 Å². The fourth-order valence-electron chi connectivity index (χ4n) is 5.02. The van der Waals surface area contributed by atoms with Gasteiger partial charge < -0.3 is 0 Å². The average molecular weight is 425 g/mol. The van der Waals surface area contributed by atoms with Crippen LogP contribution in [0, 0.1) is 29.3 Å². The van der Waals surface area contributed by atoms with E-state index in [1.807, 2.05) is 18.2 Å². The normalized spacial score (nSPS) is 19.1. The fraction of sp³-hybridized carbons (Fsp3) is 0.429. The van der Waals surface area contributed by atoms with Crippen LogP contribution in [0.3, 0.4) is 0 Å². The molecular weight excluding hydrogens is 393 g/mol. The highest BCUT2D eigenvalue weighted by atomic mass is 19.2. The maximum absolute atomic E-state index is 13.6. The Kier molecular flexibility index (Phi) is 6.99. The molecule has 1 aliphatic carbocycles. The van der Waals surface area contributed by atoms with E-state index in [4.69, 9.17) is 0 Å². The van der Waals surface area contributed by atoms with Crippen LogP contribution in [0.4, 0.5) is 13.2 Å². The van der Waals surface area contributed by atoms with Gasteiger partial charge >= 0.3 is 0 Å². The third kappa shape index (κ3) is 5.31. The Morgan fingerprint density at radius 1 is 0.710 bits per heavy atom. The van der Waals surface area contributed by atoms with Gasteiger partial charge in [-0.1, -0.05) is 82.2 Å². The van der Waals surface area contributed by atoms with Crippen LogP contribution in [0.1, 0.15) is 63.9 Å². The second-order valence-electron chi connectivity index (χ2n) is 9.22. The van der Waals surface area contributed by atoms with Gasteiger partial charge in [0.25, 0.3) is 0 Å². The first-order valence-corrected chi connectivity index (χ1v) is 11.7. The maximum atomic E-state index is 13.6. The number of rotatable bonds is 7. The van der Waals surface area contributed by atoms with Gasteiger partial charge in [-0.2, -0.15) is 0 Å². The molecule has 0 heterocycles. The van der Waals surface area contributed by atoms with Crippen molar-refractivity contribution in [2.45, 2.75) is 64.7 Å². The summed E-state index contributed by atoms with van der Waals surface area (Å²) in [7, 11) is 0. The SMILES string of the molecule is CCCCC1CCC(CCc2ccc3cc(-c4cc(F)c(F)c(F)c4)ccc3c2)CC1. The monoisotopic (exact) mass is 424 g/mol. The zero-order valence-corrected chi connectivity index (χ0v) is 18.3. The van der Waals surface area contributed by atoms with E-state index in [9.17, 15) is 13.2 Å². The Labute approximate surface area is 183 Å². The molecule has 0 atom stereocenters. The maximum Gasteiger partial charge on any atom is 0.194 e. The summed E-state index contributed by atoms with van der Waals surface area (Å²) >= 11 is 0. The van der Waals surface area contributed by atoms with Crippen molar-refractivity contribution in [1.82, 2.24) is 0 Å². The quantitative estimate of drug-likeness (QED) is 0.332. The molecule has 0 amide bonds. The minimum absolute atomic E-state index is 0.344. The number of hydrogen-bond donors (Lipinski definition) is 0. The summed E-state index contributed by atoms with van der Waals surface area (Å²) in [6, 6.07) is 14.3. The van der Waals surface area contributed by atoms with E-state index in [0.29, 0.717) is 11.1 Å². The first kappa shape index (κ1) is 21.9. The molecule has 0 nitrogen and oxygen atoms in total. The molecule has 3 aromatic carbocycles. The van der Waals surface area contributed by atoms with Gasteiger partial charge in [0.2, 0.25) is 0 Å². The van der Waals surface area contributed by atoms with Crippen LogP contribution < -0.4 is 0 Å². The molecule has 0 N–H and O–H groups in total. The van der Waals surface area contributed by atoms with Gasteiger partial charge in [-0.15, -0.1) is 0 Å². The summed E-state index contributed by atoms with van der Waals surface area (Å²) in [6.45, 7) is 2.28. The number of benzene rings is 3. The second kappa shape index (κ2) is 9.89. The highest BCUT2D eigenvalue weighted by molar-refractivity contribution is 5.87. The molecule has 0 bridgehead atoms. The van der Waals surface area contributed by atoms with Crippen molar-refractivity contribution in [2.24, 2.45) is 11.8 Å². The van der Waals surface area contributed by atoms with Crippen molar-refractivity contribution >= 4 is 10.8 Å². The predicted molar refractivity (Wildman–Crippen MR) is 123 cm³/mol. The van der Waals surface area contributed by atoms with Crippen molar-refractivity contribution in [3.05, 3.63) is 71.5 Å². The van der Waals surface area contributed by atoms with Crippen molar-refractivity contribution in [3.63, 3.8) is 0 Å². The topological polar surface area (TPSA) is 0 Å². The van der Waals surface area contributed by atoms with Gasteiger partial charge in [-0.3, -0.25) is 0 Å². The van der Waals surface area contributed by atoms with Gasteiger partial charge in [-0.05, 0) is 70.3 Å². The van der Waals surface area contributed by atoms with Crippen LogP contribution in [-0.2, 0) is 6.42 Å². The van der Waals surface area contributed by atoms with Gasteiger partial charge in [0, 0.05) is 0 Å². The van der Waals surface area contributed by atoms with Crippen LogP contribution >= 0.6 is 0 Å². The predicted octanol–water partition coefficient (Wildman–Crippen LogP) is 8.85. The van der Waals surface area contributed by atoms with E-state index in [0.717, 1.165) is 41.2 Å². The van der Waals surface area contributed by atoms with E-state index < -0.39 is 17.5 Å². The molecule has 31 heavy (non-hydrogen) atoms. The van der Waals surface area contributed by atoms with Crippen LogP contribution in [0.2, 0.25) is 0 Å². The highest BCUT2D eigenvalue weighted by Crippen LogP contribution is 2.34. The molecule has 0 saturated heterocycles. The minimum atomic E-state index is -1.43. The molecule has 0 unspecified atom stereocenters. The fourth-order valence-corrected chi connectivity index (χ4v) is 5.02. The summed E-state index contributed by atoms with van der Waals surface area (Å²) in [5.74, 6) is -1.95. The summed E-state index contributed by atoms with van der Waals surface area (Å²) < 4.78 is 40.4. The lowest BCUT2D eigenvalue weighted by molar-refractivity contribution is 0.250. The number of fused-ring (bicyclic) bond motifs is 1. The second-order valence-corrected chi connectivity index (χ2v) is 9.22. The van der Waals surface area contributed by atoms with E-state index in [1.165, 1.54) is 56.9 Å². The van der Waals surface area contributed by atoms with Crippen LogP contribution in [0.15, 0.2) is 48.5 Å². The van der Waals surface area contributed by atoms with E-state index in [2.05, 4.69) is 25.1 Å². The Morgan fingerprint density at radius 3 is 2.00 bits per heavy atom.